The largest absolute Gasteiger partial charge is 0.457 e. The van der Waals surface area contributed by atoms with E-state index < -0.39 is 59.8 Å². The minimum absolute atomic E-state index is 0.0197. The Balaban J connectivity index is 2.45. The van der Waals surface area contributed by atoms with Gasteiger partial charge in [0.15, 0.2) is 6.29 Å². The second kappa shape index (κ2) is 46.1. The fraction of sp³-hybridized carbons (Fsp3) is 0.561. The van der Waals surface area contributed by atoms with Gasteiger partial charge in [-0.25, -0.2) is 4.18 Å². The predicted octanol–water partition coefficient (Wildman–Crippen LogP) is 12.1. The smallest absolute Gasteiger partial charge is 0.397 e. The highest BCUT2D eigenvalue weighted by molar-refractivity contribution is 7.80. The van der Waals surface area contributed by atoms with Crippen molar-refractivity contribution in [3.63, 3.8) is 0 Å². The van der Waals surface area contributed by atoms with E-state index in [1.807, 2.05) is 0 Å². The lowest BCUT2D eigenvalue weighted by atomic mass is 9.99. The van der Waals surface area contributed by atoms with Crippen molar-refractivity contribution in [1.29, 1.82) is 0 Å². The molecule has 12 nitrogen and oxygen atoms in total. The van der Waals surface area contributed by atoms with Crippen LogP contribution in [0.1, 0.15) is 142 Å². The molecule has 0 aromatic rings. The second-order valence-electron chi connectivity index (χ2n) is 16.6. The van der Waals surface area contributed by atoms with Gasteiger partial charge >= 0.3 is 16.4 Å². The third-order valence-corrected chi connectivity index (χ3v) is 10.9. The zero-order valence-electron chi connectivity index (χ0n) is 42.3. The second-order valence-corrected chi connectivity index (χ2v) is 17.7. The lowest BCUT2D eigenvalue weighted by molar-refractivity contribution is -0.301. The van der Waals surface area contributed by atoms with Gasteiger partial charge in [-0.1, -0.05) is 166 Å². The van der Waals surface area contributed by atoms with Gasteiger partial charge in [-0.3, -0.25) is 9.35 Å². The van der Waals surface area contributed by atoms with E-state index in [0.717, 1.165) is 116 Å². The molecule has 1 saturated heterocycles. The summed E-state index contributed by atoms with van der Waals surface area (Å²) in [6.07, 6.45) is 60.2. The van der Waals surface area contributed by atoms with Crippen molar-refractivity contribution >= 4 is 16.4 Å². The quantitative estimate of drug-likeness (QED) is 0.0197. The molecular weight excluding hydrogens is 909 g/mol. The molecular formula is C57H88O12S. The Bertz CT molecular complexity index is 1770. The minimum atomic E-state index is -5.09. The highest BCUT2D eigenvalue weighted by Crippen LogP contribution is 2.26. The predicted molar refractivity (Wildman–Crippen MR) is 284 cm³/mol. The summed E-state index contributed by atoms with van der Waals surface area (Å²) in [5.41, 5.74) is 0. The van der Waals surface area contributed by atoms with Crippen LogP contribution in [-0.2, 0) is 38.3 Å². The van der Waals surface area contributed by atoms with Crippen LogP contribution in [0.25, 0.3) is 0 Å². The third kappa shape index (κ3) is 38.7. The van der Waals surface area contributed by atoms with Gasteiger partial charge in [-0.15, -0.1) is 0 Å². The van der Waals surface area contributed by atoms with Gasteiger partial charge in [0.05, 0.1) is 19.8 Å². The molecule has 0 aliphatic carbocycles. The van der Waals surface area contributed by atoms with Crippen molar-refractivity contribution in [2.75, 3.05) is 26.4 Å². The molecule has 6 atom stereocenters. The molecule has 1 rings (SSSR count). The van der Waals surface area contributed by atoms with Crippen LogP contribution in [0.3, 0.4) is 0 Å². The molecule has 6 unspecified atom stereocenters. The fourth-order valence-corrected chi connectivity index (χ4v) is 7.19. The van der Waals surface area contributed by atoms with E-state index in [9.17, 15) is 33.1 Å². The van der Waals surface area contributed by atoms with Crippen LogP contribution in [0, 0.1) is 0 Å². The molecule has 1 heterocycles. The maximum atomic E-state index is 12.9. The number of rotatable bonds is 42. The first-order chi connectivity index (χ1) is 34.1. The van der Waals surface area contributed by atoms with Gasteiger partial charge in [0.25, 0.3) is 0 Å². The monoisotopic (exact) mass is 997 g/mol. The average molecular weight is 997 g/mol. The van der Waals surface area contributed by atoms with E-state index in [4.69, 9.17) is 18.9 Å². The average Bonchev–Trinajstić information content (AvgIpc) is 3.34. The summed E-state index contributed by atoms with van der Waals surface area (Å²) in [6.45, 7) is 3.57. The van der Waals surface area contributed by atoms with E-state index in [1.54, 1.807) is 0 Å². The van der Waals surface area contributed by atoms with Crippen LogP contribution in [-0.4, -0.2) is 97.5 Å². The molecule has 0 radical (unpaired) electrons. The van der Waals surface area contributed by atoms with Crippen LogP contribution in [0.15, 0.2) is 146 Å². The molecule has 0 aromatic carbocycles. The summed E-state index contributed by atoms with van der Waals surface area (Å²) < 4.78 is 59.2. The number of ether oxygens (including phenoxy) is 4. The summed E-state index contributed by atoms with van der Waals surface area (Å²) in [5, 5.41) is 30.8. The van der Waals surface area contributed by atoms with Gasteiger partial charge in [0.2, 0.25) is 0 Å². The van der Waals surface area contributed by atoms with Gasteiger partial charge < -0.3 is 34.3 Å². The Morgan fingerprint density at radius 2 is 0.943 bits per heavy atom. The standard InChI is InChI=1S/C57H88O12S/c1-3-5-7-9-11-13-15-17-19-21-23-24-25-26-27-29-31-33-35-37-39-41-43-45-47-65-49-51(50-66-57-55(61)56(69-70(62,63)64)54(60)52(48-58)68-57)67-53(59)46-44-42-40-38-36-34-32-30-28-22-20-18-16-14-12-10-8-6-4-2/h5-8,11-14,17-20,23-24,26-28,30-31,33-34,36-37,39,51-52,54-58,60-61H,3-4,9-10,15-16,21-22,25,29,32,35,38,40-50H2,1-2H3,(H,62,63,64)/b7-5-,8-6-,13-11-,14-12-,19-17-,20-18-,24-23-,27-26-,30-28-,33-31-,36-34-,39-37-. The molecule has 0 aromatic heterocycles. The first kappa shape index (κ1) is 64.0. The zero-order valence-corrected chi connectivity index (χ0v) is 43.1. The molecule has 4 N–H and O–H groups in total. The Labute approximate surface area is 422 Å². The first-order valence-corrected chi connectivity index (χ1v) is 27.0. The molecule has 394 valence electrons. The van der Waals surface area contributed by atoms with Crippen molar-refractivity contribution in [2.45, 2.75) is 179 Å². The summed E-state index contributed by atoms with van der Waals surface area (Å²) in [7, 11) is -5.09. The number of esters is 1. The highest BCUT2D eigenvalue weighted by atomic mass is 32.3. The summed E-state index contributed by atoms with van der Waals surface area (Å²) in [5.74, 6) is -0.453. The summed E-state index contributed by atoms with van der Waals surface area (Å²) >= 11 is 0. The van der Waals surface area contributed by atoms with Gasteiger partial charge in [-0.2, -0.15) is 8.42 Å². The molecule has 1 aliphatic rings. The maximum absolute atomic E-state index is 12.9. The molecule has 0 saturated carbocycles. The molecule has 13 heteroatoms. The van der Waals surface area contributed by atoms with Crippen LogP contribution >= 0.6 is 0 Å². The van der Waals surface area contributed by atoms with Gasteiger partial charge in [0, 0.05) is 13.0 Å². The number of hydrogen-bond acceptors (Lipinski definition) is 11. The number of aliphatic hydroxyl groups excluding tert-OH is 3. The summed E-state index contributed by atoms with van der Waals surface area (Å²) in [4.78, 5) is 12.9. The third-order valence-electron chi connectivity index (χ3n) is 10.5. The molecule has 0 bridgehead atoms. The van der Waals surface area contributed by atoms with Gasteiger partial charge in [-0.05, 0) is 116 Å². The Kier molecular flexibility index (Phi) is 42.1. The lowest BCUT2D eigenvalue weighted by Gasteiger charge is -2.41. The van der Waals surface area contributed by atoms with Gasteiger partial charge in [0.1, 0.15) is 30.5 Å². The molecule has 0 amide bonds. The fourth-order valence-electron chi connectivity index (χ4n) is 6.68. The molecule has 70 heavy (non-hydrogen) atoms. The van der Waals surface area contributed by atoms with Crippen LogP contribution in [0.5, 0.6) is 0 Å². The van der Waals surface area contributed by atoms with Crippen molar-refractivity contribution in [1.82, 2.24) is 0 Å². The summed E-state index contributed by atoms with van der Waals surface area (Å²) in [6, 6.07) is 0. The van der Waals surface area contributed by atoms with Crippen LogP contribution in [0.4, 0.5) is 0 Å². The minimum Gasteiger partial charge on any atom is -0.457 e. The molecule has 0 spiro atoms. The van der Waals surface area contributed by atoms with E-state index >= 15 is 0 Å². The maximum Gasteiger partial charge on any atom is 0.397 e. The Morgan fingerprint density at radius 1 is 0.543 bits per heavy atom. The number of carbonyl (C=O) groups excluding carboxylic acids is 1. The van der Waals surface area contributed by atoms with E-state index in [0.29, 0.717) is 13.0 Å². The van der Waals surface area contributed by atoms with Crippen molar-refractivity contribution < 1.29 is 56.2 Å². The van der Waals surface area contributed by atoms with E-state index in [1.165, 1.54) is 0 Å². The zero-order chi connectivity index (χ0) is 51.0. The number of aliphatic hydroxyl groups is 3. The van der Waals surface area contributed by atoms with Crippen LogP contribution in [0.2, 0.25) is 0 Å². The van der Waals surface area contributed by atoms with E-state index in [2.05, 4.69) is 164 Å². The Morgan fingerprint density at radius 3 is 1.34 bits per heavy atom. The van der Waals surface area contributed by atoms with Crippen molar-refractivity contribution in [3.8, 4) is 0 Å². The number of allylic oxidation sites excluding steroid dienone is 24. The highest BCUT2D eigenvalue weighted by Gasteiger charge is 2.48. The first-order valence-electron chi connectivity index (χ1n) is 25.6. The van der Waals surface area contributed by atoms with Crippen molar-refractivity contribution in [3.05, 3.63) is 146 Å². The number of unbranched alkanes of at least 4 members (excludes halogenated alkanes) is 5. The van der Waals surface area contributed by atoms with Crippen molar-refractivity contribution in [2.24, 2.45) is 0 Å². The van der Waals surface area contributed by atoms with E-state index in [-0.39, 0.29) is 19.6 Å². The van der Waals surface area contributed by atoms with Crippen LogP contribution < -0.4 is 0 Å². The lowest BCUT2D eigenvalue weighted by Crippen LogP contribution is -2.60. The number of hydrogen-bond donors (Lipinski definition) is 4. The molecule has 1 aliphatic heterocycles. The number of carbonyl (C=O) groups is 1. The molecule has 1 fully saturated rings. The SMILES string of the molecule is CC/C=C\C/C=C\C/C=C\C/C=C\C/C=C\C/C=C\C/C=C\CCCCOCC(COC1OC(CO)C(O)C(OS(=O)(=O)O)C1O)OC(=O)CCCCC/C=C\C/C=C\C/C=C\C/C=C\C/C=C\CC. The topological polar surface area (TPSA) is 178 Å². The normalized spacial score (nSPS) is 20.3. The Hall–Kier alpha value is -4.02.